The number of hydrogen-bond donors (Lipinski definition) is 2. The van der Waals surface area contributed by atoms with E-state index in [1.807, 2.05) is 6.92 Å². The Balaban J connectivity index is 0.00000280. The first-order chi connectivity index (χ1) is 12.9. The molecule has 1 fully saturated rings. The van der Waals surface area contributed by atoms with Crippen LogP contribution in [0.1, 0.15) is 43.8 Å². The number of nitrogens with zero attached hydrogens (tertiary/aromatic N) is 4. The standard InChI is InChI=1S/C18H29F3N6.HI/c1-12-25-26-16-7-6-14(11-27(12)16)10-24-17(22-2)23-9-13-4-3-5-15(8-13)18(19,20)21;/h13-15H,3-11H2,1-2H3,(H2,22,23,24);1H. The van der Waals surface area contributed by atoms with Gasteiger partial charge in [-0.3, -0.25) is 4.99 Å². The van der Waals surface area contributed by atoms with Crippen LogP contribution >= 0.6 is 24.0 Å². The smallest absolute Gasteiger partial charge is 0.356 e. The highest BCUT2D eigenvalue weighted by molar-refractivity contribution is 14.0. The Bertz CT molecular complexity index is 660. The van der Waals surface area contributed by atoms with Gasteiger partial charge in [-0.2, -0.15) is 13.2 Å². The van der Waals surface area contributed by atoms with Gasteiger partial charge in [0.05, 0.1) is 5.92 Å². The van der Waals surface area contributed by atoms with Gasteiger partial charge < -0.3 is 15.2 Å². The van der Waals surface area contributed by atoms with Crippen LogP contribution in [0.4, 0.5) is 13.2 Å². The number of alkyl halides is 3. The highest BCUT2D eigenvalue weighted by Crippen LogP contribution is 2.39. The summed E-state index contributed by atoms with van der Waals surface area (Å²) in [6.45, 7) is 4.15. The molecule has 1 aliphatic heterocycles. The van der Waals surface area contributed by atoms with Crippen molar-refractivity contribution in [2.24, 2.45) is 22.7 Å². The van der Waals surface area contributed by atoms with Crippen molar-refractivity contribution in [2.45, 2.75) is 58.2 Å². The maximum absolute atomic E-state index is 12.9. The number of guanidine groups is 1. The molecule has 2 aliphatic rings. The first-order valence-corrected chi connectivity index (χ1v) is 9.76. The van der Waals surface area contributed by atoms with E-state index in [-0.39, 0.29) is 42.7 Å². The molecule has 1 saturated carbocycles. The van der Waals surface area contributed by atoms with Gasteiger partial charge in [0.2, 0.25) is 0 Å². The summed E-state index contributed by atoms with van der Waals surface area (Å²) < 4.78 is 41.0. The second kappa shape index (κ2) is 10.1. The van der Waals surface area contributed by atoms with Gasteiger partial charge in [0, 0.05) is 33.1 Å². The molecule has 28 heavy (non-hydrogen) atoms. The van der Waals surface area contributed by atoms with Crippen LogP contribution in [-0.2, 0) is 13.0 Å². The summed E-state index contributed by atoms with van der Waals surface area (Å²) in [5.41, 5.74) is 0. The molecule has 2 heterocycles. The number of aliphatic imine (C=N–C) groups is 1. The zero-order chi connectivity index (χ0) is 19.4. The van der Waals surface area contributed by atoms with Crippen molar-refractivity contribution < 1.29 is 13.2 Å². The zero-order valence-electron chi connectivity index (χ0n) is 16.4. The van der Waals surface area contributed by atoms with Crippen LogP contribution in [0.15, 0.2) is 4.99 Å². The molecule has 0 amide bonds. The second-order valence-corrected chi connectivity index (χ2v) is 7.78. The average Bonchev–Trinajstić information content (AvgIpc) is 3.02. The molecule has 0 bridgehead atoms. The van der Waals surface area contributed by atoms with Gasteiger partial charge in [-0.25, -0.2) is 0 Å². The van der Waals surface area contributed by atoms with E-state index < -0.39 is 12.1 Å². The van der Waals surface area contributed by atoms with Crippen LogP contribution in [0.25, 0.3) is 0 Å². The number of aromatic nitrogens is 3. The van der Waals surface area contributed by atoms with Crippen molar-refractivity contribution in [3.8, 4) is 0 Å². The van der Waals surface area contributed by atoms with Crippen LogP contribution in [-0.4, -0.2) is 47.0 Å². The molecule has 3 unspecified atom stereocenters. The minimum absolute atomic E-state index is 0. The van der Waals surface area contributed by atoms with Gasteiger partial charge in [0.25, 0.3) is 0 Å². The molecular formula is C18H30F3IN6. The summed E-state index contributed by atoms with van der Waals surface area (Å²) in [6, 6.07) is 0. The lowest BCUT2D eigenvalue weighted by molar-refractivity contribution is -0.185. The number of hydrogen-bond acceptors (Lipinski definition) is 3. The third-order valence-electron chi connectivity index (χ3n) is 5.82. The van der Waals surface area contributed by atoms with Crippen molar-refractivity contribution in [1.29, 1.82) is 0 Å². The number of nitrogens with one attached hydrogen (secondary N) is 2. The lowest BCUT2D eigenvalue weighted by Crippen LogP contribution is -2.44. The van der Waals surface area contributed by atoms with E-state index in [0.717, 1.165) is 44.0 Å². The summed E-state index contributed by atoms with van der Waals surface area (Å²) >= 11 is 0. The predicted molar refractivity (Wildman–Crippen MR) is 113 cm³/mol. The zero-order valence-corrected chi connectivity index (χ0v) is 18.8. The van der Waals surface area contributed by atoms with Crippen molar-refractivity contribution in [3.05, 3.63) is 11.6 Å². The van der Waals surface area contributed by atoms with E-state index in [4.69, 9.17) is 0 Å². The van der Waals surface area contributed by atoms with Crippen LogP contribution < -0.4 is 10.6 Å². The van der Waals surface area contributed by atoms with Gasteiger partial charge in [0.1, 0.15) is 11.6 Å². The fraction of sp³-hybridized carbons (Fsp3) is 0.833. The first-order valence-electron chi connectivity index (χ1n) is 9.76. The van der Waals surface area contributed by atoms with Gasteiger partial charge >= 0.3 is 6.18 Å². The number of fused-ring (bicyclic) bond motifs is 1. The highest BCUT2D eigenvalue weighted by atomic mass is 127. The molecule has 10 heteroatoms. The maximum atomic E-state index is 12.9. The highest BCUT2D eigenvalue weighted by Gasteiger charge is 2.42. The first kappa shape index (κ1) is 23.2. The van der Waals surface area contributed by atoms with Crippen molar-refractivity contribution >= 4 is 29.9 Å². The Morgan fingerprint density at radius 2 is 1.86 bits per heavy atom. The third kappa shape index (κ3) is 5.96. The summed E-state index contributed by atoms with van der Waals surface area (Å²) in [7, 11) is 1.69. The van der Waals surface area contributed by atoms with E-state index in [1.165, 1.54) is 0 Å². The summed E-state index contributed by atoms with van der Waals surface area (Å²) in [6.07, 6.45) is -0.151. The van der Waals surface area contributed by atoms with Crippen molar-refractivity contribution in [3.63, 3.8) is 0 Å². The van der Waals surface area contributed by atoms with Crippen LogP contribution in [0.5, 0.6) is 0 Å². The van der Waals surface area contributed by atoms with Crippen LogP contribution in [0.2, 0.25) is 0 Å². The van der Waals surface area contributed by atoms with E-state index in [0.29, 0.717) is 24.8 Å². The molecule has 160 valence electrons. The molecule has 0 spiro atoms. The summed E-state index contributed by atoms with van der Waals surface area (Å²) in [5, 5.41) is 14.8. The SMILES string of the molecule is CN=C(NCC1CCCC(C(F)(F)F)C1)NCC1CCc2nnc(C)n2C1.I. The van der Waals surface area contributed by atoms with Crippen LogP contribution in [0, 0.1) is 24.7 Å². The molecule has 3 rings (SSSR count). The minimum Gasteiger partial charge on any atom is -0.356 e. The van der Waals surface area contributed by atoms with Gasteiger partial charge in [-0.05, 0) is 44.4 Å². The molecule has 6 nitrogen and oxygen atoms in total. The molecule has 1 aliphatic carbocycles. The van der Waals surface area contributed by atoms with E-state index in [2.05, 4.69) is 30.4 Å². The predicted octanol–water partition coefficient (Wildman–Crippen LogP) is 3.30. The third-order valence-corrected chi connectivity index (χ3v) is 5.82. The van der Waals surface area contributed by atoms with E-state index in [1.54, 1.807) is 7.05 Å². The molecule has 1 aromatic rings. The normalized spacial score (nSPS) is 25.6. The topological polar surface area (TPSA) is 67.1 Å². The Kier molecular flexibility index (Phi) is 8.38. The van der Waals surface area contributed by atoms with Gasteiger partial charge in [0.15, 0.2) is 5.96 Å². The minimum atomic E-state index is -4.07. The van der Waals surface area contributed by atoms with Gasteiger partial charge in [-0.1, -0.05) is 6.42 Å². The van der Waals surface area contributed by atoms with Crippen molar-refractivity contribution in [1.82, 2.24) is 25.4 Å². The molecule has 0 saturated heterocycles. The van der Waals surface area contributed by atoms with E-state index in [9.17, 15) is 13.2 Å². The Labute approximate surface area is 181 Å². The Morgan fingerprint density at radius 3 is 2.54 bits per heavy atom. The molecule has 1 aromatic heterocycles. The number of rotatable bonds is 4. The number of aryl methyl sites for hydroxylation is 2. The molecule has 0 radical (unpaired) electrons. The lowest BCUT2D eigenvalue weighted by Gasteiger charge is -2.31. The fourth-order valence-corrected chi connectivity index (χ4v) is 4.17. The van der Waals surface area contributed by atoms with Gasteiger partial charge in [-0.15, -0.1) is 34.2 Å². The molecular weight excluding hydrogens is 484 g/mol. The van der Waals surface area contributed by atoms with Crippen molar-refractivity contribution in [2.75, 3.05) is 20.1 Å². The largest absolute Gasteiger partial charge is 0.391 e. The molecule has 0 aromatic carbocycles. The Hall–Kier alpha value is -1.07. The fourth-order valence-electron chi connectivity index (χ4n) is 4.17. The monoisotopic (exact) mass is 514 g/mol. The maximum Gasteiger partial charge on any atom is 0.391 e. The average molecular weight is 514 g/mol. The van der Waals surface area contributed by atoms with Crippen LogP contribution in [0.3, 0.4) is 0 Å². The summed E-state index contributed by atoms with van der Waals surface area (Å²) in [5.74, 6) is 1.99. The summed E-state index contributed by atoms with van der Waals surface area (Å²) in [4.78, 5) is 4.22. The molecule has 3 atom stereocenters. The molecule has 2 N–H and O–H groups in total. The number of halogens is 4. The lowest BCUT2D eigenvalue weighted by atomic mass is 9.81. The second-order valence-electron chi connectivity index (χ2n) is 7.78. The quantitative estimate of drug-likeness (QED) is 0.368. The Morgan fingerprint density at radius 1 is 1.14 bits per heavy atom. The van der Waals surface area contributed by atoms with E-state index >= 15 is 0 Å².